The molecule has 0 bridgehead atoms. The van der Waals surface area contributed by atoms with Gasteiger partial charge in [-0.25, -0.2) is 4.79 Å². The lowest BCUT2D eigenvalue weighted by Gasteiger charge is -2.24. The van der Waals surface area contributed by atoms with E-state index in [1.165, 1.54) is 5.56 Å². The molecule has 136 valence electrons. The van der Waals surface area contributed by atoms with Crippen molar-refractivity contribution in [2.75, 3.05) is 40.8 Å². The lowest BCUT2D eigenvalue weighted by molar-refractivity contribution is 0.188. The highest BCUT2D eigenvalue weighted by Gasteiger charge is 2.18. The fraction of sp³-hybridized carbons (Fsp3) is 0.421. The number of amides is 2. The molecule has 2 rings (SSSR count). The fourth-order valence-corrected chi connectivity index (χ4v) is 2.37. The maximum atomic E-state index is 12.2. The van der Waals surface area contributed by atoms with Crippen molar-refractivity contribution in [3.05, 3.63) is 54.0 Å². The quantitative estimate of drug-likeness (QED) is 0.799. The Kier molecular flexibility index (Phi) is 6.89. The Labute approximate surface area is 149 Å². The molecule has 0 saturated heterocycles. The van der Waals surface area contributed by atoms with Gasteiger partial charge in [0.25, 0.3) is 0 Å². The minimum Gasteiger partial charge on any atom is -0.492 e. The molecule has 0 spiro atoms. The van der Waals surface area contributed by atoms with Crippen LogP contribution in [0.25, 0.3) is 0 Å². The molecule has 25 heavy (non-hydrogen) atoms. The summed E-state index contributed by atoms with van der Waals surface area (Å²) < 4.78 is 11.1. The lowest BCUT2D eigenvalue weighted by Crippen LogP contribution is -2.42. The SMILES string of the molecule is Cc1ccc(OCCN(C)C(=O)NCC(c2ccco2)N(C)C)cc1. The number of hydrogen-bond donors (Lipinski definition) is 1. The molecule has 0 radical (unpaired) electrons. The molecule has 1 aromatic carbocycles. The Balaban J connectivity index is 1.74. The second-order valence-corrected chi connectivity index (χ2v) is 6.26. The van der Waals surface area contributed by atoms with Gasteiger partial charge >= 0.3 is 6.03 Å². The summed E-state index contributed by atoms with van der Waals surface area (Å²) in [6, 6.07) is 11.5. The first-order chi connectivity index (χ1) is 12.0. The molecule has 1 heterocycles. The van der Waals surface area contributed by atoms with Gasteiger partial charge < -0.3 is 19.4 Å². The predicted octanol–water partition coefficient (Wildman–Crippen LogP) is 2.91. The Morgan fingerprint density at radius 2 is 1.92 bits per heavy atom. The molecule has 0 aliphatic carbocycles. The van der Waals surface area contributed by atoms with E-state index in [9.17, 15) is 4.79 Å². The van der Waals surface area contributed by atoms with Crippen LogP contribution in [-0.2, 0) is 0 Å². The van der Waals surface area contributed by atoms with Crippen molar-refractivity contribution in [1.82, 2.24) is 15.1 Å². The Bertz CT molecular complexity index is 638. The molecular formula is C19H27N3O3. The summed E-state index contributed by atoms with van der Waals surface area (Å²) in [5, 5.41) is 2.94. The lowest BCUT2D eigenvalue weighted by atomic mass is 10.2. The summed E-state index contributed by atoms with van der Waals surface area (Å²) in [5.74, 6) is 1.64. The summed E-state index contributed by atoms with van der Waals surface area (Å²) in [6.07, 6.45) is 1.64. The van der Waals surface area contributed by atoms with E-state index < -0.39 is 0 Å². The largest absolute Gasteiger partial charge is 0.492 e. The van der Waals surface area contributed by atoms with Crippen LogP contribution in [0.1, 0.15) is 17.4 Å². The molecule has 0 aliphatic heterocycles. The predicted molar refractivity (Wildman–Crippen MR) is 97.8 cm³/mol. The molecule has 1 unspecified atom stereocenters. The van der Waals surface area contributed by atoms with Crippen LogP contribution < -0.4 is 10.1 Å². The summed E-state index contributed by atoms with van der Waals surface area (Å²) in [5.41, 5.74) is 1.19. The standard InChI is InChI=1S/C19H27N3O3/c1-15-7-9-16(10-8-15)24-13-11-22(4)19(23)20-14-17(21(2)3)18-6-5-12-25-18/h5-10,12,17H,11,13-14H2,1-4H3,(H,20,23). The fourth-order valence-electron chi connectivity index (χ4n) is 2.37. The van der Waals surface area contributed by atoms with E-state index in [1.807, 2.05) is 62.3 Å². The zero-order valence-electron chi connectivity index (χ0n) is 15.4. The minimum atomic E-state index is -0.133. The maximum absolute atomic E-state index is 12.2. The number of rotatable bonds is 8. The van der Waals surface area contributed by atoms with E-state index >= 15 is 0 Å². The average molecular weight is 345 g/mol. The van der Waals surface area contributed by atoms with Crippen LogP contribution in [0.2, 0.25) is 0 Å². The zero-order chi connectivity index (χ0) is 18.2. The van der Waals surface area contributed by atoms with E-state index in [-0.39, 0.29) is 12.1 Å². The second-order valence-electron chi connectivity index (χ2n) is 6.26. The Morgan fingerprint density at radius 3 is 2.52 bits per heavy atom. The van der Waals surface area contributed by atoms with Crippen LogP contribution in [0, 0.1) is 6.92 Å². The van der Waals surface area contributed by atoms with Gasteiger partial charge in [0.05, 0.1) is 18.8 Å². The van der Waals surface area contributed by atoms with Crippen molar-refractivity contribution < 1.29 is 13.9 Å². The van der Waals surface area contributed by atoms with E-state index in [0.717, 1.165) is 11.5 Å². The number of carbonyl (C=O) groups is 1. The first kappa shape index (κ1) is 18.9. The van der Waals surface area contributed by atoms with Gasteiger partial charge in [-0.1, -0.05) is 17.7 Å². The Morgan fingerprint density at radius 1 is 1.20 bits per heavy atom. The van der Waals surface area contributed by atoms with E-state index in [2.05, 4.69) is 5.32 Å². The molecule has 0 fully saturated rings. The van der Waals surface area contributed by atoms with Gasteiger partial charge in [0.1, 0.15) is 18.1 Å². The maximum Gasteiger partial charge on any atom is 0.317 e. The number of likely N-dealkylation sites (N-methyl/N-ethyl adjacent to an activating group) is 2. The molecule has 0 aliphatic rings. The van der Waals surface area contributed by atoms with Crippen molar-refractivity contribution in [3.8, 4) is 5.75 Å². The normalized spacial score (nSPS) is 12.0. The first-order valence-electron chi connectivity index (χ1n) is 8.35. The zero-order valence-corrected chi connectivity index (χ0v) is 15.4. The molecular weight excluding hydrogens is 318 g/mol. The van der Waals surface area contributed by atoms with Crippen molar-refractivity contribution in [1.29, 1.82) is 0 Å². The topological polar surface area (TPSA) is 58.0 Å². The number of nitrogens with zero attached hydrogens (tertiary/aromatic N) is 2. The molecule has 1 N–H and O–H groups in total. The number of urea groups is 1. The molecule has 6 nitrogen and oxygen atoms in total. The minimum absolute atomic E-state index is 0.00356. The van der Waals surface area contributed by atoms with Gasteiger partial charge in [0.15, 0.2) is 0 Å². The van der Waals surface area contributed by atoms with Crippen LogP contribution in [0.5, 0.6) is 5.75 Å². The van der Waals surface area contributed by atoms with Gasteiger partial charge in [-0.2, -0.15) is 0 Å². The number of hydrogen-bond acceptors (Lipinski definition) is 4. The van der Waals surface area contributed by atoms with Gasteiger partial charge in [-0.3, -0.25) is 4.90 Å². The number of nitrogens with one attached hydrogen (secondary N) is 1. The third-order valence-electron chi connectivity index (χ3n) is 4.00. The highest BCUT2D eigenvalue weighted by Crippen LogP contribution is 2.17. The van der Waals surface area contributed by atoms with E-state index in [4.69, 9.17) is 9.15 Å². The Hall–Kier alpha value is -2.47. The third kappa shape index (κ3) is 5.83. The molecule has 0 saturated carbocycles. The van der Waals surface area contributed by atoms with Crippen molar-refractivity contribution >= 4 is 6.03 Å². The summed E-state index contributed by atoms with van der Waals surface area (Å²) in [4.78, 5) is 15.9. The van der Waals surface area contributed by atoms with Gasteiger partial charge in [-0.15, -0.1) is 0 Å². The molecule has 2 amide bonds. The first-order valence-corrected chi connectivity index (χ1v) is 8.35. The van der Waals surface area contributed by atoms with Gasteiger partial charge in [-0.05, 0) is 45.3 Å². The van der Waals surface area contributed by atoms with Crippen molar-refractivity contribution in [2.45, 2.75) is 13.0 Å². The molecule has 6 heteroatoms. The molecule has 1 aromatic heterocycles. The smallest absolute Gasteiger partial charge is 0.317 e. The van der Waals surface area contributed by atoms with Crippen LogP contribution in [0.3, 0.4) is 0 Å². The van der Waals surface area contributed by atoms with Crippen LogP contribution in [0.4, 0.5) is 4.79 Å². The van der Waals surface area contributed by atoms with E-state index in [0.29, 0.717) is 19.7 Å². The molecule has 2 aromatic rings. The number of benzene rings is 1. The highest BCUT2D eigenvalue weighted by molar-refractivity contribution is 5.73. The number of furan rings is 1. The average Bonchev–Trinajstić information content (AvgIpc) is 3.10. The second kappa shape index (κ2) is 9.13. The van der Waals surface area contributed by atoms with E-state index in [1.54, 1.807) is 18.2 Å². The molecule has 1 atom stereocenters. The third-order valence-corrected chi connectivity index (χ3v) is 4.00. The van der Waals surface area contributed by atoms with Crippen molar-refractivity contribution in [3.63, 3.8) is 0 Å². The van der Waals surface area contributed by atoms with Gasteiger partial charge in [0.2, 0.25) is 0 Å². The monoisotopic (exact) mass is 345 g/mol. The number of ether oxygens (including phenoxy) is 1. The summed E-state index contributed by atoms with van der Waals surface area (Å²) >= 11 is 0. The number of carbonyl (C=O) groups excluding carboxylic acids is 1. The van der Waals surface area contributed by atoms with Crippen LogP contribution in [-0.4, -0.2) is 56.7 Å². The van der Waals surface area contributed by atoms with Crippen LogP contribution >= 0.6 is 0 Å². The van der Waals surface area contributed by atoms with Crippen LogP contribution in [0.15, 0.2) is 47.1 Å². The number of aryl methyl sites for hydroxylation is 1. The summed E-state index contributed by atoms with van der Waals surface area (Å²) in [6.45, 7) is 3.46. The van der Waals surface area contributed by atoms with Gasteiger partial charge in [0, 0.05) is 13.6 Å². The van der Waals surface area contributed by atoms with Crippen molar-refractivity contribution in [2.24, 2.45) is 0 Å². The summed E-state index contributed by atoms with van der Waals surface area (Å²) in [7, 11) is 5.67. The highest BCUT2D eigenvalue weighted by atomic mass is 16.5.